The molecule has 2 saturated heterocycles. The molecular weight excluding hydrogens is 509 g/mol. The molecular formula is C31H34FN5O3. The highest BCUT2D eigenvalue weighted by molar-refractivity contribution is 5.97. The van der Waals surface area contributed by atoms with Crippen LogP contribution >= 0.6 is 0 Å². The van der Waals surface area contributed by atoms with Crippen LogP contribution < -0.4 is 15.5 Å². The predicted octanol–water partition coefficient (Wildman–Crippen LogP) is 4.43. The summed E-state index contributed by atoms with van der Waals surface area (Å²) in [7, 11) is 0. The van der Waals surface area contributed by atoms with Gasteiger partial charge in [-0.2, -0.15) is 0 Å². The predicted molar refractivity (Wildman–Crippen MR) is 152 cm³/mol. The van der Waals surface area contributed by atoms with E-state index in [1.807, 2.05) is 62.4 Å². The van der Waals surface area contributed by atoms with Crippen molar-refractivity contribution >= 4 is 29.2 Å². The van der Waals surface area contributed by atoms with Gasteiger partial charge in [-0.3, -0.25) is 9.59 Å². The zero-order valence-electron chi connectivity index (χ0n) is 22.8. The monoisotopic (exact) mass is 543 g/mol. The van der Waals surface area contributed by atoms with E-state index in [-0.39, 0.29) is 43.4 Å². The molecule has 208 valence electrons. The van der Waals surface area contributed by atoms with Crippen LogP contribution in [0, 0.1) is 19.7 Å². The molecule has 4 amide bonds. The number of hydrogen-bond acceptors (Lipinski definition) is 4. The Bertz CT molecular complexity index is 1390. The first-order chi connectivity index (χ1) is 19.2. The molecule has 0 aromatic heterocycles. The molecule has 0 aliphatic carbocycles. The second-order valence-corrected chi connectivity index (χ2v) is 10.6. The first-order valence-electron chi connectivity index (χ1n) is 13.5. The van der Waals surface area contributed by atoms with Crippen molar-refractivity contribution in [3.05, 3.63) is 95.3 Å². The number of carbonyl (C=O) groups is 3. The molecule has 0 radical (unpaired) electrons. The van der Waals surface area contributed by atoms with Gasteiger partial charge in [-0.25, -0.2) is 9.18 Å². The van der Waals surface area contributed by atoms with Crippen molar-refractivity contribution in [2.24, 2.45) is 0 Å². The number of carbonyl (C=O) groups excluding carboxylic acids is 3. The molecule has 1 spiro atoms. The van der Waals surface area contributed by atoms with Crippen LogP contribution in [0.2, 0.25) is 0 Å². The van der Waals surface area contributed by atoms with Gasteiger partial charge in [0.2, 0.25) is 5.91 Å². The second kappa shape index (κ2) is 11.4. The summed E-state index contributed by atoms with van der Waals surface area (Å²) in [5, 5.41) is 5.84. The summed E-state index contributed by atoms with van der Waals surface area (Å²) in [5.74, 6) is -0.728. The van der Waals surface area contributed by atoms with Gasteiger partial charge in [-0.15, -0.1) is 0 Å². The van der Waals surface area contributed by atoms with Crippen LogP contribution in [0.3, 0.4) is 0 Å². The molecule has 3 aromatic carbocycles. The van der Waals surface area contributed by atoms with Crippen LogP contribution in [-0.4, -0.2) is 59.5 Å². The largest absolute Gasteiger partial charge is 0.350 e. The molecule has 2 N–H and O–H groups in total. The van der Waals surface area contributed by atoms with Gasteiger partial charge in [0.25, 0.3) is 5.91 Å². The highest BCUT2D eigenvalue weighted by Crippen LogP contribution is 2.39. The second-order valence-electron chi connectivity index (χ2n) is 10.6. The number of nitrogens with zero attached hydrogens (tertiary/aromatic N) is 3. The summed E-state index contributed by atoms with van der Waals surface area (Å²) in [4.78, 5) is 45.2. The van der Waals surface area contributed by atoms with Gasteiger partial charge in [0.15, 0.2) is 0 Å². The van der Waals surface area contributed by atoms with Crippen molar-refractivity contribution in [2.45, 2.75) is 38.8 Å². The third-order valence-corrected chi connectivity index (χ3v) is 7.82. The number of urea groups is 1. The van der Waals surface area contributed by atoms with Crippen LogP contribution in [0.25, 0.3) is 0 Å². The van der Waals surface area contributed by atoms with E-state index in [4.69, 9.17) is 0 Å². The Hall–Kier alpha value is -4.40. The normalized spacial score (nSPS) is 16.4. The first-order valence-corrected chi connectivity index (χ1v) is 13.5. The Morgan fingerprint density at radius 1 is 0.950 bits per heavy atom. The Balaban J connectivity index is 1.27. The van der Waals surface area contributed by atoms with Crippen LogP contribution in [-0.2, 0) is 16.1 Å². The quantitative estimate of drug-likeness (QED) is 0.482. The van der Waals surface area contributed by atoms with Gasteiger partial charge in [0.1, 0.15) is 17.9 Å². The maximum atomic E-state index is 13.9. The Labute approximate surface area is 233 Å². The molecule has 2 aliphatic heterocycles. The van der Waals surface area contributed by atoms with Crippen molar-refractivity contribution in [1.82, 2.24) is 15.1 Å². The first kappa shape index (κ1) is 27.2. The molecule has 2 aliphatic rings. The van der Waals surface area contributed by atoms with E-state index in [0.29, 0.717) is 25.9 Å². The number of anilines is 2. The molecule has 40 heavy (non-hydrogen) atoms. The van der Waals surface area contributed by atoms with Gasteiger partial charge >= 0.3 is 6.03 Å². The fourth-order valence-electron chi connectivity index (χ4n) is 5.58. The molecule has 8 nitrogen and oxygen atoms in total. The molecule has 0 atom stereocenters. The fourth-order valence-corrected chi connectivity index (χ4v) is 5.58. The number of aryl methyl sites for hydroxylation is 2. The summed E-state index contributed by atoms with van der Waals surface area (Å²) in [6.45, 7) is 5.25. The molecule has 5 rings (SSSR count). The van der Waals surface area contributed by atoms with Gasteiger partial charge in [-0.05, 0) is 68.1 Å². The molecule has 0 unspecified atom stereocenters. The SMILES string of the molecule is Cc1ccc(NC(=O)N2CCC3(CC2)C(=O)N(CC(=O)NCc2ccc(F)cc2)CN3c2ccccc2)c(C)c1. The van der Waals surface area contributed by atoms with Crippen molar-refractivity contribution < 1.29 is 18.8 Å². The van der Waals surface area contributed by atoms with Crippen LogP contribution in [0.1, 0.15) is 29.5 Å². The smallest absolute Gasteiger partial charge is 0.321 e. The highest BCUT2D eigenvalue weighted by atomic mass is 19.1. The van der Waals surface area contributed by atoms with E-state index in [0.717, 1.165) is 28.1 Å². The maximum absolute atomic E-state index is 13.9. The number of piperidine rings is 1. The lowest BCUT2D eigenvalue weighted by Crippen LogP contribution is -2.58. The molecule has 2 fully saturated rings. The van der Waals surface area contributed by atoms with Crippen molar-refractivity contribution in [1.29, 1.82) is 0 Å². The number of benzene rings is 3. The summed E-state index contributed by atoms with van der Waals surface area (Å²) in [5.41, 5.74) is 3.74. The Kier molecular flexibility index (Phi) is 7.73. The van der Waals surface area contributed by atoms with Crippen molar-refractivity contribution in [2.75, 3.05) is 36.5 Å². The average Bonchev–Trinajstić information content (AvgIpc) is 3.21. The number of rotatable bonds is 6. The van der Waals surface area contributed by atoms with Crippen LogP contribution in [0.4, 0.5) is 20.6 Å². The minimum atomic E-state index is -0.838. The van der Waals surface area contributed by atoms with Crippen molar-refractivity contribution in [3.63, 3.8) is 0 Å². The van der Waals surface area contributed by atoms with Crippen LogP contribution in [0.5, 0.6) is 0 Å². The number of hydrogen-bond donors (Lipinski definition) is 2. The summed E-state index contributed by atoms with van der Waals surface area (Å²) in [6, 6.07) is 21.4. The van der Waals surface area contributed by atoms with Gasteiger partial charge < -0.3 is 25.3 Å². The zero-order chi connectivity index (χ0) is 28.3. The van der Waals surface area contributed by atoms with Crippen LogP contribution in [0.15, 0.2) is 72.8 Å². The maximum Gasteiger partial charge on any atom is 0.321 e. The Morgan fingerprint density at radius 3 is 2.33 bits per heavy atom. The lowest BCUT2D eigenvalue weighted by Gasteiger charge is -2.43. The number of para-hydroxylation sites is 1. The van der Waals surface area contributed by atoms with Gasteiger partial charge in [0.05, 0.1) is 6.67 Å². The summed E-state index contributed by atoms with van der Waals surface area (Å²) in [6.07, 6.45) is 0.906. The van der Waals surface area contributed by atoms with E-state index >= 15 is 0 Å². The minimum Gasteiger partial charge on any atom is -0.350 e. The van der Waals surface area contributed by atoms with E-state index in [1.165, 1.54) is 12.1 Å². The standard InChI is InChI=1S/C31H34FN5O3/c1-22-8-13-27(23(2)18-22)34-30(40)35-16-14-31(15-17-35)29(39)36(21-37(31)26-6-4-3-5-7-26)20-28(38)33-19-24-9-11-25(32)12-10-24/h3-13,18H,14-17,19-21H2,1-2H3,(H,33,38)(H,34,40). The number of halogens is 1. The number of nitrogens with one attached hydrogen (secondary N) is 2. The van der Waals surface area contributed by atoms with E-state index in [2.05, 4.69) is 15.5 Å². The third-order valence-electron chi connectivity index (χ3n) is 7.82. The zero-order valence-corrected chi connectivity index (χ0v) is 22.8. The molecule has 2 heterocycles. The van der Waals surface area contributed by atoms with E-state index in [1.54, 1.807) is 21.9 Å². The molecule has 0 saturated carbocycles. The van der Waals surface area contributed by atoms with Crippen molar-refractivity contribution in [3.8, 4) is 0 Å². The van der Waals surface area contributed by atoms with Gasteiger partial charge in [0, 0.05) is 31.0 Å². The third kappa shape index (κ3) is 5.64. The fraction of sp³-hybridized carbons (Fsp3) is 0.323. The van der Waals surface area contributed by atoms with Gasteiger partial charge in [-0.1, -0.05) is 48.0 Å². The number of amides is 4. The van der Waals surface area contributed by atoms with E-state index < -0.39 is 5.54 Å². The lowest BCUT2D eigenvalue weighted by molar-refractivity contribution is -0.137. The summed E-state index contributed by atoms with van der Waals surface area (Å²) < 4.78 is 13.2. The molecule has 9 heteroatoms. The van der Waals surface area contributed by atoms with E-state index in [9.17, 15) is 18.8 Å². The molecule has 0 bridgehead atoms. The minimum absolute atomic E-state index is 0.0813. The number of likely N-dealkylation sites (tertiary alicyclic amines) is 1. The average molecular weight is 544 g/mol. The lowest BCUT2D eigenvalue weighted by atomic mass is 9.85. The highest BCUT2D eigenvalue weighted by Gasteiger charge is 2.54. The molecule has 3 aromatic rings. The summed E-state index contributed by atoms with van der Waals surface area (Å²) >= 11 is 0. The Morgan fingerprint density at radius 2 is 1.65 bits per heavy atom. The topological polar surface area (TPSA) is 85.0 Å².